The number of nitrogens with two attached hydrogens (primary N) is 2. The Morgan fingerprint density at radius 1 is 1.58 bits per heavy atom. The number of hydrogen-bond acceptors (Lipinski definition) is 6. The maximum absolute atomic E-state index is 10.7. The van der Waals surface area contributed by atoms with Gasteiger partial charge in [-0.2, -0.15) is 0 Å². The molecule has 1 saturated heterocycles. The second-order valence-electron chi connectivity index (χ2n) is 4.95. The number of rotatable bonds is 3. The zero-order valence-electron chi connectivity index (χ0n) is 11.0. The van der Waals surface area contributed by atoms with Gasteiger partial charge in [0.05, 0.1) is 4.92 Å². The molecule has 7 heteroatoms. The fourth-order valence-electron chi connectivity index (χ4n) is 2.66. The summed E-state index contributed by atoms with van der Waals surface area (Å²) in [5, 5.41) is 10.7. The van der Waals surface area contributed by atoms with Crippen molar-refractivity contribution >= 4 is 17.3 Å². The third kappa shape index (κ3) is 2.60. The summed E-state index contributed by atoms with van der Waals surface area (Å²) in [5.74, 6) is 1.11. The lowest BCUT2D eigenvalue weighted by molar-refractivity contribution is -0.384. The van der Waals surface area contributed by atoms with E-state index < -0.39 is 4.92 Å². The molecule has 0 spiro atoms. The Labute approximate surface area is 111 Å². The SMILES string of the molecule is CC1CCCN(c2ccc([N+](=O)[O-])c(N)n2)C1CN. The van der Waals surface area contributed by atoms with Crippen LogP contribution in [0.15, 0.2) is 12.1 Å². The number of nitrogens with zero attached hydrogens (tertiary/aromatic N) is 3. The molecule has 1 aliphatic rings. The van der Waals surface area contributed by atoms with Crippen molar-refractivity contribution in [3.8, 4) is 0 Å². The highest BCUT2D eigenvalue weighted by Gasteiger charge is 2.29. The highest BCUT2D eigenvalue weighted by atomic mass is 16.6. The van der Waals surface area contributed by atoms with Gasteiger partial charge in [0.15, 0.2) is 0 Å². The molecule has 0 amide bonds. The molecular weight excluding hydrogens is 246 g/mol. The van der Waals surface area contributed by atoms with Gasteiger partial charge >= 0.3 is 5.69 Å². The van der Waals surface area contributed by atoms with Gasteiger partial charge in [-0.3, -0.25) is 10.1 Å². The largest absolute Gasteiger partial charge is 0.378 e. The molecule has 2 rings (SSSR count). The molecule has 0 radical (unpaired) electrons. The van der Waals surface area contributed by atoms with Crippen molar-refractivity contribution < 1.29 is 4.92 Å². The van der Waals surface area contributed by atoms with Gasteiger partial charge in [0.25, 0.3) is 0 Å². The number of nitrogen functional groups attached to an aromatic ring is 1. The lowest BCUT2D eigenvalue weighted by Crippen LogP contribution is -2.49. The van der Waals surface area contributed by atoms with Gasteiger partial charge in [-0.15, -0.1) is 0 Å². The molecule has 1 aliphatic heterocycles. The molecular formula is C12H19N5O2. The van der Waals surface area contributed by atoms with E-state index in [0.717, 1.165) is 19.4 Å². The minimum atomic E-state index is -0.522. The van der Waals surface area contributed by atoms with Crippen LogP contribution in [-0.4, -0.2) is 29.0 Å². The normalized spacial score (nSPS) is 23.4. The van der Waals surface area contributed by atoms with Crippen molar-refractivity contribution in [1.82, 2.24) is 4.98 Å². The monoisotopic (exact) mass is 265 g/mol. The Kier molecular flexibility index (Phi) is 3.84. The number of hydrogen-bond donors (Lipinski definition) is 2. The molecule has 0 saturated carbocycles. The van der Waals surface area contributed by atoms with Crippen molar-refractivity contribution in [3.05, 3.63) is 22.2 Å². The molecule has 2 heterocycles. The maximum Gasteiger partial charge on any atom is 0.311 e. The summed E-state index contributed by atoms with van der Waals surface area (Å²) >= 11 is 0. The van der Waals surface area contributed by atoms with E-state index in [1.54, 1.807) is 6.07 Å². The Morgan fingerprint density at radius 2 is 2.32 bits per heavy atom. The average molecular weight is 265 g/mol. The molecule has 1 aromatic heterocycles. The zero-order valence-corrected chi connectivity index (χ0v) is 11.0. The molecule has 104 valence electrons. The number of pyridine rings is 1. The van der Waals surface area contributed by atoms with Crippen LogP contribution in [0.25, 0.3) is 0 Å². The van der Waals surface area contributed by atoms with E-state index >= 15 is 0 Å². The van der Waals surface area contributed by atoms with Gasteiger partial charge in [0, 0.05) is 25.2 Å². The van der Waals surface area contributed by atoms with Crippen LogP contribution in [-0.2, 0) is 0 Å². The van der Waals surface area contributed by atoms with Crippen molar-refractivity contribution in [1.29, 1.82) is 0 Å². The second kappa shape index (κ2) is 5.40. The van der Waals surface area contributed by atoms with Crippen molar-refractivity contribution in [2.45, 2.75) is 25.8 Å². The predicted molar refractivity (Wildman–Crippen MR) is 73.9 cm³/mol. The summed E-state index contributed by atoms with van der Waals surface area (Å²) in [6.45, 7) is 3.56. The summed E-state index contributed by atoms with van der Waals surface area (Å²) in [7, 11) is 0. The van der Waals surface area contributed by atoms with Crippen LogP contribution in [0.1, 0.15) is 19.8 Å². The van der Waals surface area contributed by atoms with Crippen molar-refractivity contribution in [3.63, 3.8) is 0 Å². The molecule has 0 aromatic carbocycles. The Bertz CT molecular complexity index is 479. The Hall–Kier alpha value is -1.89. The van der Waals surface area contributed by atoms with Crippen LogP contribution in [0.2, 0.25) is 0 Å². The smallest absolute Gasteiger partial charge is 0.311 e. The summed E-state index contributed by atoms with van der Waals surface area (Å²) in [5.41, 5.74) is 11.3. The number of nitro groups is 1. The number of anilines is 2. The molecule has 0 aliphatic carbocycles. The van der Waals surface area contributed by atoms with Gasteiger partial charge in [-0.1, -0.05) is 6.92 Å². The molecule has 2 atom stereocenters. The lowest BCUT2D eigenvalue weighted by atomic mass is 9.91. The fraction of sp³-hybridized carbons (Fsp3) is 0.583. The molecule has 2 unspecified atom stereocenters. The average Bonchev–Trinajstić information content (AvgIpc) is 2.37. The molecule has 4 N–H and O–H groups in total. The Morgan fingerprint density at radius 3 is 2.89 bits per heavy atom. The van der Waals surface area contributed by atoms with Gasteiger partial charge in [0.1, 0.15) is 5.82 Å². The lowest BCUT2D eigenvalue weighted by Gasteiger charge is -2.40. The van der Waals surface area contributed by atoms with Gasteiger partial charge in [-0.05, 0) is 24.8 Å². The van der Waals surface area contributed by atoms with E-state index in [1.165, 1.54) is 6.07 Å². The van der Waals surface area contributed by atoms with E-state index in [4.69, 9.17) is 11.5 Å². The molecule has 1 aromatic rings. The number of piperidine rings is 1. The fourth-order valence-corrected chi connectivity index (χ4v) is 2.66. The van der Waals surface area contributed by atoms with Crippen LogP contribution in [0.5, 0.6) is 0 Å². The minimum Gasteiger partial charge on any atom is -0.378 e. The Balaban J connectivity index is 2.30. The third-order valence-corrected chi connectivity index (χ3v) is 3.74. The van der Waals surface area contributed by atoms with E-state index in [9.17, 15) is 10.1 Å². The van der Waals surface area contributed by atoms with E-state index in [0.29, 0.717) is 18.3 Å². The summed E-state index contributed by atoms with van der Waals surface area (Å²) < 4.78 is 0. The maximum atomic E-state index is 10.7. The first-order chi connectivity index (χ1) is 9.04. The van der Waals surface area contributed by atoms with Gasteiger partial charge in [0.2, 0.25) is 5.82 Å². The number of aromatic nitrogens is 1. The standard InChI is InChI=1S/C12H19N5O2/c1-8-3-2-6-16(10(8)7-13)11-5-4-9(17(18)19)12(14)15-11/h4-5,8,10H,2-3,6-7,13H2,1H3,(H2,14,15). The molecule has 7 nitrogen and oxygen atoms in total. The molecule has 19 heavy (non-hydrogen) atoms. The van der Waals surface area contributed by atoms with E-state index in [2.05, 4.69) is 16.8 Å². The van der Waals surface area contributed by atoms with Crippen LogP contribution in [0, 0.1) is 16.0 Å². The van der Waals surface area contributed by atoms with E-state index in [-0.39, 0.29) is 17.5 Å². The summed E-state index contributed by atoms with van der Waals surface area (Å²) in [4.78, 5) is 16.5. The van der Waals surface area contributed by atoms with Crippen LogP contribution in [0.3, 0.4) is 0 Å². The first-order valence-corrected chi connectivity index (χ1v) is 6.42. The highest BCUT2D eigenvalue weighted by molar-refractivity contribution is 5.58. The van der Waals surface area contributed by atoms with E-state index in [1.807, 2.05) is 0 Å². The first kappa shape index (κ1) is 13.5. The quantitative estimate of drug-likeness (QED) is 0.626. The topological polar surface area (TPSA) is 111 Å². The first-order valence-electron chi connectivity index (χ1n) is 6.42. The van der Waals surface area contributed by atoms with Gasteiger partial charge in [-0.25, -0.2) is 4.98 Å². The third-order valence-electron chi connectivity index (χ3n) is 3.74. The highest BCUT2D eigenvalue weighted by Crippen LogP contribution is 2.29. The van der Waals surface area contributed by atoms with Crippen LogP contribution >= 0.6 is 0 Å². The van der Waals surface area contributed by atoms with Crippen LogP contribution < -0.4 is 16.4 Å². The summed E-state index contributed by atoms with van der Waals surface area (Å²) in [6, 6.07) is 3.27. The summed E-state index contributed by atoms with van der Waals surface area (Å²) in [6.07, 6.45) is 2.21. The molecule has 0 bridgehead atoms. The van der Waals surface area contributed by atoms with Crippen molar-refractivity contribution in [2.75, 3.05) is 23.7 Å². The second-order valence-corrected chi connectivity index (χ2v) is 4.95. The van der Waals surface area contributed by atoms with Crippen molar-refractivity contribution in [2.24, 2.45) is 11.7 Å². The molecule has 1 fully saturated rings. The predicted octanol–water partition coefficient (Wildman–Crippen LogP) is 1.14. The van der Waals surface area contributed by atoms with Gasteiger partial charge < -0.3 is 16.4 Å². The minimum absolute atomic E-state index is 0.0449. The van der Waals surface area contributed by atoms with Crippen LogP contribution in [0.4, 0.5) is 17.3 Å². The zero-order chi connectivity index (χ0) is 14.0.